The van der Waals surface area contributed by atoms with Crippen LogP contribution in [0.3, 0.4) is 0 Å². The van der Waals surface area contributed by atoms with Crippen molar-refractivity contribution in [2.75, 3.05) is 52.9 Å². The number of amidine groups is 1. The van der Waals surface area contributed by atoms with E-state index in [0.29, 0.717) is 53.3 Å². The van der Waals surface area contributed by atoms with Crippen LogP contribution in [-0.2, 0) is 16.8 Å². The second kappa shape index (κ2) is 17.8. The lowest BCUT2D eigenvalue weighted by Crippen LogP contribution is -2.50. The van der Waals surface area contributed by atoms with Crippen LogP contribution in [0.1, 0.15) is 90.5 Å². The molecule has 3 amide bonds. The van der Waals surface area contributed by atoms with Gasteiger partial charge in [-0.2, -0.15) is 0 Å². The third-order valence-corrected chi connectivity index (χ3v) is 11.2. The number of hydrogen-bond acceptors (Lipinski definition) is 6. The first-order valence-electron chi connectivity index (χ1n) is 19.2. The van der Waals surface area contributed by atoms with Gasteiger partial charge in [-0.1, -0.05) is 68.3 Å². The smallest absolute Gasteiger partial charge is 0.325 e. The molecule has 1 atom stereocenters. The molecule has 2 aliphatic heterocycles. The van der Waals surface area contributed by atoms with Crippen LogP contribution in [0.25, 0.3) is 0 Å². The van der Waals surface area contributed by atoms with Crippen molar-refractivity contribution >= 4 is 41.0 Å². The molecule has 0 bridgehead atoms. The molecule has 288 valence electrons. The Hall–Kier alpha value is -3.40. The number of piperidine rings is 1. The number of carbonyl (C=O) groups is 2. The monoisotopic (exact) mass is 764 g/mol. The number of ether oxygens (including phenoxy) is 1. The highest BCUT2D eigenvalue weighted by Crippen LogP contribution is 2.35. The Labute approximate surface area is 327 Å². The maximum atomic E-state index is 15.0. The first-order chi connectivity index (χ1) is 25.1. The SMILES string of the molecule is CCOc1cc(C(C)(C)C)ncc1/C(=N/C(C)(C)C1C=CC(Cl)=CC1)N(Cc1ccc(Cl)cc1)C(=O)N1CCC(CC(=O)N2CCCN(C)CC2)CC1. The van der Waals surface area contributed by atoms with Crippen LogP contribution in [0, 0.1) is 11.8 Å². The largest absolute Gasteiger partial charge is 0.493 e. The number of likely N-dealkylation sites (N-methyl/N-ethyl adjacent to an activating group) is 1. The highest BCUT2D eigenvalue weighted by molar-refractivity contribution is 6.31. The Morgan fingerprint density at radius 1 is 0.981 bits per heavy atom. The molecule has 1 aliphatic carbocycles. The van der Waals surface area contributed by atoms with Crippen molar-refractivity contribution in [1.29, 1.82) is 0 Å². The van der Waals surface area contributed by atoms with Crippen LogP contribution in [-0.4, -0.2) is 101 Å². The lowest BCUT2D eigenvalue weighted by molar-refractivity contribution is -0.132. The van der Waals surface area contributed by atoms with Crippen molar-refractivity contribution in [3.63, 3.8) is 0 Å². The molecule has 0 radical (unpaired) electrons. The van der Waals surface area contributed by atoms with Gasteiger partial charge in [0.25, 0.3) is 0 Å². The molecule has 1 aromatic heterocycles. The van der Waals surface area contributed by atoms with Gasteiger partial charge in [-0.25, -0.2) is 4.79 Å². The Kier molecular flexibility index (Phi) is 13.7. The van der Waals surface area contributed by atoms with Crippen LogP contribution in [0.2, 0.25) is 5.02 Å². The lowest BCUT2D eigenvalue weighted by atomic mass is 9.83. The fourth-order valence-corrected chi connectivity index (χ4v) is 7.49. The number of aromatic nitrogens is 1. The standard InChI is InChI=1S/C42H58Cl2N6O3/c1-8-53-36-27-37(41(2,3)4)45-28-35(36)39(46-42(5,6)32-12-16-34(44)17-13-32)50(29-31-10-14-33(43)15-11-31)40(52)49-22-18-30(19-23-49)26-38(51)48-21-9-20-47(7)24-25-48/h10-12,14-17,27-28,30,32H,8-9,13,18-26,29H2,1-7H3/b46-39-. The van der Waals surface area contributed by atoms with Gasteiger partial charge in [-0.3, -0.25) is 19.7 Å². The molecule has 2 fully saturated rings. The fourth-order valence-electron chi connectivity index (χ4n) is 7.21. The molecule has 0 N–H and O–H groups in total. The number of urea groups is 1. The van der Waals surface area contributed by atoms with Crippen molar-refractivity contribution in [3.05, 3.63) is 81.6 Å². The molecule has 3 heterocycles. The molecular formula is C42H58Cl2N6O3. The van der Waals surface area contributed by atoms with E-state index in [-0.39, 0.29) is 35.7 Å². The summed E-state index contributed by atoms with van der Waals surface area (Å²) in [5.74, 6) is 1.65. The van der Waals surface area contributed by atoms with Crippen molar-refractivity contribution < 1.29 is 14.3 Å². The van der Waals surface area contributed by atoms with Crippen molar-refractivity contribution in [2.24, 2.45) is 16.8 Å². The minimum atomic E-state index is -0.625. The molecule has 2 saturated heterocycles. The zero-order valence-corrected chi connectivity index (χ0v) is 34.2. The highest BCUT2D eigenvalue weighted by atomic mass is 35.5. The second-order valence-corrected chi connectivity index (χ2v) is 17.2. The Morgan fingerprint density at radius 2 is 1.70 bits per heavy atom. The lowest BCUT2D eigenvalue weighted by Gasteiger charge is -2.38. The summed E-state index contributed by atoms with van der Waals surface area (Å²) >= 11 is 12.6. The summed E-state index contributed by atoms with van der Waals surface area (Å²) in [7, 11) is 2.11. The summed E-state index contributed by atoms with van der Waals surface area (Å²) in [6, 6.07) is 9.44. The first-order valence-corrected chi connectivity index (χ1v) is 19.9. The summed E-state index contributed by atoms with van der Waals surface area (Å²) in [6.45, 7) is 17.9. The molecule has 3 aliphatic rings. The van der Waals surface area contributed by atoms with Gasteiger partial charge in [0.15, 0.2) is 0 Å². The number of nitrogens with zero attached hydrogens (tertiary/aromatic N) is 6. The second-order valence-electron chi connectivity index (χ2n) is 16.3. The number of halogens is 2. The molecule has 0 spiro atoms. The van der Waals surface area contributed by atoms with Crippen molar-refractivity contribution in [2.45, 2.75) is 91.1 Å². The van der Waals surface area contributed by atoms with Gasteiger partial charge in [0.1, 0.15) is 11.6 Å². The van der Waals surface area contributed by atoms with Gasteiger partial charge >= 0.3 is 6.03 Å². The number of aliphatic imine (C=N–C) groups is 1. The molecule has 1 unspecified atom stereocenters. The van der Waals surface area contributed by atoms with Gasteiger partial charge in [-0.05, 0) is 89.7 Å². The quantitative estimate of drug-likeness (QED) is 0.189. The molecule has 1 aromatic carbocycles. The minimum Gasteiger partial charge on any atom is -0.493 e. The normalized spacial score (nSPS) is 19.5. The van der Waals surface area contributed by atoms with E-state index in [4.69, 9.17) is 37.9 Å². The number of pyridine rings is 1. The number of allylic oxidation sites excluding steroid dienone is 3. The van der Waals surface area contributed by atoms with Crippen LogP contribution in [0.4, 0.5) is 4.79 Å². The Morgan fingerprint density at radius 3 is 2.34 bits per heavy atom. The Balaban J connectivity index is 1.50. The summed E-state index contributed by atoms with van der Waals surface area (Å²) in [4.78, 5) is 46.7. The molecule has 5 rings (SSSR count). The first kappa shape index (κ1) is 40.8. The zero-order valence-electron chi connectivity index (χ0n) is 32.7. The predicted octanol–water partition coefficient (Wildman–Crippen LogP) is 8.54. The van der Waals surface area contributed by atoms with Gasteiger partial charge in [-0.15, -0.1) is 0 Å². The number of carbonyl (C=O) groups excluding carboxylic acids is 2. The van der Waals surface area contributed by atoms with E-state index in [0.717, 1.165) is 63.1 Å². The minimum absolute atomic E-state index is 0.0442. The average Bonchev–Trinajstić information content (AvgIpc) is 3.35. The molecule has 11 heteroatoms. The Bertz CT molecular complexity index is 1670. The van der Waals surface area contributed by atoms with E-state index in [9.17, 15) is 9.59 Å². The van der Waals surface area contributed by atoms with E-state index in [1.807, 2.05) is 65.4 Å². The molecule has 53 heavy (non-hydrogen) atoms. The summed E-state index contributed by atoms with van der Waals surface area (Å²) in [5.41, 5.74) is 1.62. The van der Waals surface area contributed by atoms with Crippen LogP contribution < -0.4 is 4.74 Å². The number of rotatable bonds is 9. The maximum Gasteiger partial charge on any atom is 0.325 e. The van der Waals surface area contributed by atoms with E-state index >= 15 is 0 Å². The summed E-state index contributed by atoms with van der Waals surface area (Å²) < 4.78 is 6.31. The summed E-state index contributed by atoms with van der Waals surface area (Å²) in [5, 5.41) is 1.34. The van der Waals surface area contributed by atoms with Gasteiger partial charge in [0, 0.05) is 78.5 Å². The molecule has 0 saturated carbocycles. The molecule has 9 nitrogen and oxygen atoms in total. The van der Waals surface area contributed by atoms with Gasteiger partial charge in [0.05, 0.1) is 24.3 Å². The van der Waals surface area contributed by atoms with Crippen LogP contribution >= 0.6 is 23.2 Å². The number of benzene rings is 1. The third kappa shape index (κ3) is 10.9. The third-order valence-electron chi connectivity index (χ3n) is 10.7. The van der Waals surface area contributed by atoms with E-state index in [2.05, 4.69) is 52.6 Å². The van der Waals surface area contributed by atoms with Crippen LogP contribution in [0.15, 0.2) is 64.8 Å². The number of hydrogen-bond donors (Lipinski definition) is 0. The molecular weight excluding hydrogens is 707 g/mol. The predicted molar refractivity (Wildman–Crippen MR) is 216 cm³/mol. The van der Waals surface area contributed by atoms with Crippen LogP contribution in [0.5, 0.6) is 5.75 Å². The molecule has 2 aromatic rings. The average molecular weight is 766 g/mol. The van der Waals surface area contributed by atoms with Gasteiger partial charge in [0.2, 0.25) is 5.91 Å². The summed E-state index contributed by atoms with van der Waals surface area (Å²) in [6.07, 6.45) is 11.7. The highest BCUT2D eigenvalue weighted by Gasteiger charge is 2.36. The fraction of sp³-hybridized carbons (Fsp3) is 0.571. The van der Waals surface area contributed by atoms with E-state index in [1.165, 1.54) is 0 Å². The van der Waals surface area contributed by atoms with E-state index < -0.39 is 5.54 Å². The number of amides is 3. The van der Waals surface area contributed by atoms with E-state index in [1.54, 1.807) is 4.90 Å². The van der Waals surface area contributed by atoms with Gasteiger partial charge < -0.3 is 19.4 Å². The van der Waals surface area contributed by atoms with Crippen molar-refractivity contribution in [3.8, 4) is 5.75 Å². The number of likely N-dealkylation sites (tertiary alicyclic amines) is 1. The zero-order chi connectivity index (χ0) is 38.3. The maximum absolute atomic E-state index is 15.0. The topological polar surface area (TPSA) is 81.6 Å². The van der Waals surface area contributed by atoms with Crippen molar-refractivity contribution in [1.82, 2.24) is 24.6 Å².